The van der Waals surface area contributed by atoms with Gasteiger partial charge in [0.1, 0.15) is 6.61 Å². The first kappa shape index (κ1) is 22.9. The van der Waals surface area contributed by atoms with Crippen molar-refractivity contribution in [2.45, 2.75) is 12.7 Å². The smallest absolute Gasteiger partial charge is 0.416 e. The molecule has 0 aliphatic carbocycles. The van der Waals surface area contributed by atoms with Gasteiger partial charge in [0, 0.05) is 6.54 Å². The highest BCUT2D eigenvalue weighted by Crippen LogP contribution is 2.33. The van der Waals surface area contributed by atoms with Gasteiger partial charge in [-0.25, -0.2) is 0 Å². The van der Waals surface area contributed by atoms with Gasteiger partial charge in [0.15, 0.2) is 11.5 Å². The summed E-state index contributed by atoms with van der Waals surface area (Å²) >= 11 is 5.80. The number of halogens is 4. The van der Waals surface area contributed by atoms with Gasteiger partial charge in [-0.2, -0.15) is 13.2 Å². The topological polar surface area (TPSA) is 76.7 Å². The molecule has 2 N–H and O–H groups in total. The van der Waals surface area contributed by atoms with Crippen LogP contribution in [0.15, 0.2) is 36.4 Å². The Morgan fingerprint density at radius 2 is 1.87 bits per heavy atom. The van der Waals surface area contributed by atoms with E-state index in [4.69, 9.17) is 27.5 Å². The van der Waals surface area contributed by atoms with Gasteiger partial charge in [0.05, 0.1) is 23.4 Å². The second-order valence-electron chi connectivity index (χ2n) is 5.81. The second kappa shape index (κ2) is 9.89. The molecule has 0 atom stereocenters. The summed E-state index contributed by atoms with van der Waals surface area (Å²) in [6.07, 6.45) is 0.530. The molecule has 2 amide bonds. The van der Waals surface area contributed by atoms with E-state index in [1.807, 2.05) is 0 Å². The molecule has 0 radical (unpaired) electrons. The van der Waals surface area contributed by atoms with E-state index in [0.717, 1.165) is 12.1 Å². The zero-order valence-corrected chi connectivity index (χ0v) is 16.4. The molecule has 0 saturated heterocycles. The summed E-state index contributed by atoms with van der Waals surface area (Å²) in [5, 5.41) is 4.27. The quantitative estimate of drug-likeness (QED) is 0.531. The Morgan fingerprint density at radius 1 is 1.13 bits per heavy atom. The number of carbonyl (C=O) groups is 2. The van der Waals surface area contributed by atoms with Gasteiger partial charge >= 0.3 is 18.0 Å². The highest BCUT2D eigenvalue weighted by atomic mass is 35.5. The van der Waals surface area contributed by atoms with Crippen molar-refractivity contribution in [3.05, 3.63) is 52.5 Å². The summed E-state index contributed by atoms with van der Waals surface area (Å²) in [7, 11) is 1.45. The van der Waals surface area contributed by atoms with Crippen molar-refractivity contribution >= 4 is 29.1 Å². The van der Waals surface area contributed by atoms with Gasteiger partial charge < -0.3 is 20.1 Å². The Bertz CT molecular complexity index is 987. The Labute approximate surface area is 175 Å². The van der Waals surface area contributed by atoms with Crippen molar-refractivity contribution in [3.63, 3.8) is 0 Å². The normalized spacial score (nSPS) is 10.7. The van der Waals surface area contributed by atoms with E-state index in [2.05, 4.69) is 16.6 Å². The Hall–Kier alpha value is -3.38. The molecule has 0 heterocycles. The van der Waals surface area contributed by atoms with Gasteiger partial charge in [0.2, 0.25) is 0 Å². The lowest BCUT2D eigenvalue weighted by atomic mass is 10.2. The number of anilines is 1. The fourth-order valence-electron chi connectivity index (χ4n) is 2.30. The summed E-state index contributed by atoms with van der Waals surface area (Å²) in [6, 6.07) is 7.18. The molecule has 0 unspecified atom stereocenters. The molecular formula is C20H16ClF3N2O4. The fourth-order valence-corrected chi connectivity index (χ4v) is 2.47. The minimum absolute atomic E-state index is 0.00628. The molecule has 10 heteroatoms. The number of amides is 2. The van der Waals surface area contributed by atoms with Crippen molar-refractivity contribution in [2.75, 3.05) is 19.0 Å². The molecule has 0 bridgehead atoms. The summed E-state index contributed by atoms with van der Waals surface area (Å²) in [5.41, 5.74) is -0.775. The maximum absolute atomic E-state index is 12.8. The van der Waals surface area contributed by atoms with E-state index in [1.54, 1.807) is 18.2 Å². The summed E-state index contributed by atoms with van der Waals surface area (Å²) in [6.45, 7) is -0.0503. The zero-order valence-electron chi connectivity index (χ0n) is 15.6. The summed E-state index contributed by atoms with van der Waals surface area (Å²) < 4.78 is 48.9. The molecule has 0 saturated carbocycles. The van der Waals surface area contributed by atoms with Crippen LogP contribution in [0, 0.1) is 12.3 Å². The van der Waals surface area contributed by atoms with E-state index in [9.17, 15) is 22.8 Å². The highest BCUT2D eigenvalue weighted by Gasteiger charge is 2.31. The van der Waals surface area contributed by atoms with Gasteiger partial charge in [-0.05, 0) is 35.9 Å². The fraction of sp³-hybridized carbons (Fsp3) is 0.200. The average Bonchev–Trinajstić information content (AvgIpc) is 2.71. The zero-order chi connectivity index (χ0) is 22.3. The Balaban J connectivity index is 2.04. The lowest BCUT2D eigenvalue weighted by Crippen LogP contribution is -2.35. The van der Waals surface area contributed by atoms with E-state index in [0.29, 0.717) is 23.1 Å². The van der Waals surface area contributed by atoms with Gasteiger partial charge in [-0.15, -0.1) is 6.42 Å². The predicted octanol–water partition coefficient (Wildman–Crippen LogP) is 3.63. The minimum atomic E-state index is -4.63. The van der Waals surface area contributed by atoms with Crippen LogP contribution < -0.4 is 20.1 Å². The first-order chi connectivity index (χ1) is 14.2. The van der Waals surface area contributed by atoms with Crippen molar-refractivity contribution in [1.82, 2.24) is 5.32 Å². The van der Waals surface area contributed by atoms with Gasteiger partial charge in [-0.1, -0.05) is 23.6 Å². The van der Waals surface area contributed by atoms with Crippen molar-refractivity contribution in [1.29, 1.82) is 0 Å². The third-order valence-corrected chi connectivity index (χ3v) is 4.07. The van der Waals surface area contributed by atoms with Gasteiger partial charge in [0.25, 0.3) is 0 Å². The number of rotatable bonds is 6. The average molecular weight is 441 g/mol. The third-order valence-electron chi connectivity index (χ3n) is 3.74. The number of terminal acetylenes is 1. The molecule has 2 rings (SSSR count). The first-order valence-corrected chi connectivity index (χ1v) is 8.72. The molecule has 2 aromatic carbocycles. The van der Waals surface area contributed by atoms with Crippen molar-refractivity contribution < 1.29 is 32.2 Å². The van der Waals surface area contributed by atoms with E-state index in [1.165, 1.54) is 7.11 Å². The summed E-state index contributed by atoms with van der Waals surface area (Å²) in [4.78, 5) is 24.0. The molecule has 0 aromatic heterocycles. The molecule has 158 valence electrons. The molecule has 0 spiro atoms. The number of ether oxygens (including phenoxy) is 2. The van der Waals surface area contributed by atoms with Crippen LogP contribution >= 0.6 is 11.6 Å². The maximum atomic E-state index is 12.8. The number of benzene rings is 2. The predicted molar refractivity (Wildman–Crippen MR) is 104 cm³/mol. The first-order valence-electron chi connectivity index (χ1n) is 8.34. The Kier molecular flexibility index (Phi) is 7.55. The number of carbonyl (C=O) groups excluding carboxylic acids is 2. The van der Waals surface area contributed by atoms with E-state index < -0.39 is 23.6 Å². The monoisotopic (exact) mass is 440 g/mol. The highest BCUT2D eigenvalue weighted by molar-refractivity contribution is 6.41. The van der Waals surface area contributed by atoms with Crippen LogP contribution in [0.2, 0.25) is 5.02 Å². The van der Waals surface area contributed by atoms with Crippen LogP contribution in [0.5, 0.6) is 11.5 Å². The molecule has 6 nitrogen and oxygen atoms in total. The third kappa shape index (κ3) is 6.06. The van der Waals surface area contributed by atoms with Crippen LogP contribution in [0.1, 0.15) is 11.1 Å². The second-order valence-corrected chi connectivity index (χ2v) is 6.21. The molecular weight excluding hydrogens is 425 g/mol. The van der Waals surface area contributed by atoms with E-state index >= 15 is 0 Å². The number of alkyl halides is 3. The number of nitrogens with one attached hydrogen (secondary N) is 2. The maximum Gasteiger partial charge on any atom is 0.416 e. The minimum Gasteiger partial charge on any atom is -0.493 e. The lowest BCUT2D eigenvalue weighted by molar-refractivity contribution is -0.137. The van der Waals surface area contributed by atoms with Crippen LogP contribution in [-0.2, 0) is 22.3 Å². The molecule has 0 aliphatic heterocycles. The van der Waals surface area contributed by atoms with Gasteiger partial charge in [-0.3, -0.25) is 9.59 Å². The number of methoxy groups -OCH3 is 1. The Morgan fingerprint density at radius 3 is 2.50 bits per heavy atom. The number of hydrogen-bond donors (Lipinski definition) is 2. The largest absolute Gasteiger partial charge is 0.493 e. The molecule has 0 aliphatic rings. The number of hydrogen-bond acceptors (Lipinski definition) is 4. The molecule has 30 heavy (non-hydrogen) atoms. The van der Waals surface area contributed by atoms with Crippen LogP contribution in [0.25, 0.3) is 0 Å². The van der Waals surface area contributed by atoms with E-state index in [-0.39, 0.29) is 23.9 Å². The van der Waals surface area contributed by atoms with Crippen molar-refractivity contribution in [2.24, 2.45) is 0 Å². The van der Waals surface area contributed by atoms with Crippen LogP contribution in [0.3, 0.4) is 0 Å². The van der Waals surface area contributed by atoms with Crippen LogP contribution in [0.4, 0.5) is 18.9 Å². The molecule has 0 fully saturated rings. The summed E-state index contributed by atoms with van der Waals surface area (Å²) in [5.74, 6) is 0.852. The standard InChI is InChI=1S/C20H16ClF3N2O4/c1-3-8-30-17-9-12(4-7-16(17)29-2)11-25-18(27)19(28)26-15-10-13(20(22,23)24)5-6-14(15)21/h1,4-7,9-10H,8,11H2,2H3,(H,25,27)(H,26,28). The SMILES string of the molecule is C#CCOc1cc(CNC(=O)C(=O)Nc2cc(C(F)(F)F)ccc2Cl)ccc1OC. The lowest BCUT2D eigenvalue weighted by Gasteiger charge is -2.12. The molecule has 2 aromatic rings. The van der Waals surface area contributed by atoms with Crippen LogP contribution in [-0.4, -0.2) is 25.5 Å². The van der Waals surface area contributed by atoms with Crippen molar-refractivity contribution in [3.8, 4) is 23.8 Å².